The zero-order valence-corrected chi connectivity index (χ0v) is 9.06. The minimum atomic E-state index is 0.259. The molecule has 4 heteroatoms. The summed E-state index contributed by atoms with van der Waals surface area (Å²) in [5.74, 6) is 1.89. The summed E-state index contributed by atoms with van der Waals surface area (Å²) in [5, 5.41) is 8.75. The molecule has 1 aromatic heterocycles. The SMILES string of the molecule is Cc1cnc(C#N)nc1N1CCC(C)C1. The Hall–Kier alpha value is -1.63. The van der Waals surface area contributed by atoms with Crippen molar-refractivity contribution in [2.45, 2.75) is 20.3 Å². The molecule has 1 aliphatic rings. The molecule has 0 bridgehead atoms. The Kier molecular flexibility index (Phi) is 2.55. The maximum atomic E-state index is 8.75. The number of nitrogens with zero attached hydrogens (tertiary/aromatic N) is 4. The van der Waals surface area contributed by atoms with Crippen molar-refractivity contribution >= 4 is 5.82 Å². The van der Waals surface area contributed by atoms with Crippen LogP contribution in [0.25, 0.3) is 0 Å². The fourth-order valence-corrected chi connectivity index (χ4v) is 1.93. The number of aryl methyl sites for hydroxylation is 1. The average molecular weight is 202 g/mol. The van der Waals surface area contributed by atoms with Gasteiger partial charge in [-0.25, -0.2) is 9.97 Å². The van der Waals surface area contributed by atoms with E-state index >= 15 is 0 Å². The number of anilines is 1. The first-order chi connectivity index (χ1) is 7.20. The van der Waals surface area contributed by atoms with E-state index in [2.05, 4.69) is 21.8 Å². The Bertz CT molecular complexity index is 408. The molecule has 0 aromatic carbocycles. The summed E-state index contributed by atoms with van der Waals surface area (Å²) in [6.07, 6.45) is 2.93. The molecule has 15 heavy (non-hydrogen) atoms. The van der Waals surface area contributed by atoms with E-state index in [0.29, 0.717) is 5.92 Å². The summed E-state index contributed by atoms with van der Waals surface area (Å²) < 4.78 is 0. The first-order valence-electron chi connectivity index (χ1n) is 5.19. The Balaban J connectivity index is 2.31. The van der Waals surface area contributed by atoms with Crippen LogP contribution in [0.5, 0.6) is 0 Å². The van der Waals surface area contributed by atoms with Crippen LogP contribution in [0, 0.1) is 24.2 Å². The maximum absolute atomic E-state index is 8.75. The van der Waals surface area contributed by atoms with Crippen LogP contribution in [0.2, 0.25) is 0 Å². The van der Waals surface area contributed by atoms with Gasteiger partial charge in [-0.1, -0.05) is 6.92 Å². The number of hydrogen-bond donors (Lipinski definition) is 0. The standard InChI is InChI=1S/C11H14N4/c1-8-3-4-15(7-8)11-9(2)6-13-10(5-12)14-11/h6,8H,3-4,7H2,1-2H3. The van der Waals surface area contributed by atoms with Gasteiger partial charge < -0.3 is 4.90 Å². The van der Waals surface area contributed by atoms with Crippen LogP contribution in [-0.4, -0.2) is 23.1 Å². The largest absolute Gasteiger partial charge is 0.356 e. The van der Waals surface area contributed by atoms with Gasteiger partial charge in [-0.15, -0.1) is 0 Å². The highest BCUT2D eigenvalue weighted by atomic mass is 15.2. The zero-order chi connectivity index (χ0) is 10.8. The van der Waals surface area contributed by atoms with Gasteiger partial charge in [0.25, 0.3) is 0 Å². The molecule has 0 amide bonds. The van der Waals surface area contributed by atoms with Crippen molar-refractivity contribution in [2.24, 2.45) is 5.92 Å². The topological polar surface area (TPSA) is 52.8 Å². The molecule has 1 unspecified atom stereocenters. The van der Waals surface area contributed by atoms with Gasteiger partial charge >= 0.3 is 0 Å². The lowest BCUT2D eigenvalue weighted by Gasteiger charge is -2.18. The van der Waals surface area contributed by atoms with Crippen molar-refractivity contribution in [3.05, 3.63) is 17.6 Å². The van der Waals surface area contributed by atoms with Crippen molar-refractivity contribution in [1.82, 2.24) is 9.97 Å². The van der Waals surface area contributed by atoms with Crippen LogP contribution >= 0.6 is 0 Å². The second-order valence-corrected chi connectivity index (χ2v) is 4.15. The molecule has 78 valence electrons. The molecule has 0 N–H and O–H groups in total. The van der Waals surface area contributed by atoms with Crippen LogP contribution in [0.1, 0.15) is 24.7 Å². The number of rotatable bonds is 1. The molecule has 0 saturated carbocycles. The van der Waals surface area contributed by atoms with Gasteiger partial charge in [0.2, 0.25) is 5.82 Å². The number of aromatic nitrogens is 2. The van der Waals surface area contributed by atoms with E-state index in [1.807, 2.05) is 13.0 Å². The van der Waals surface area contributed by atoms with E-state index in [-0.39, 0.29) is 5.82 Å². The van der Waals surface area contributed by atoms with Gasteiger partial charge in [-0.05, 0) is 19.3 Å². The third-order valence-corrected chi connectivity index (χ3v) is 2.77. The molecule has 0 radical (unpaired) electrons. The van der Waals surface area contributed by atoms with Crippen molar-refractivity contribution in [2.75, 3.05) is 18.0 Å². The molecule has 2 rings (SSSR count). The van der Waals surface area contributed by atoms with Gasteiger partial charge in [0.15, 0.2) is 0 Å². The first kappa shape index (κ1) is 9.91. The van der Waals surface area contributed by atoms with E-state index in [1.54, 1.807) is 6.20 Å². The quantitative estimate of drug-likeness (QED) is 0.692. The average Bonchev–Trinajstić information content (AvgIpc) is 2.65. The summed E-state index contributed by atoms with van der Waals surface area (Å²) in [7, 11) is 0. The maximum Gasteiger partial charge on any atom is 0.234 e. The highest BCUT2D eigenvalue weighted by molar-refractivity contribution is 5.47. The van der Waals surface area contributed by atoms with Crippen LogP contribution in [0.4, 0.5) is 5.82 Å². The molecule has 2 heterocycles. The zero-order valence-electron chi connectivity index (χ0n) is 9.06. The van der Waals surface area contributed by atoms with Gasteiger partial charge in [0.05, 0.1) is 0 Å². The minimum absolute atomic E-state index is 0.259. The lowest BCUT2D eigenvalue weighted by molar-refractivity contribution is 0.658. The molecule has 1 aromatic rings. The third kappa shape index (κ3) is 1.91. The third-order valence-electron chi connectivity index (χ3n) is 2.77. The second-order valence-electron chi connectivity index (χ2n) is 4.15. The molecule has 1 fully saturated rings. The second kappa shape index (κ2) is 3.85. The Morgan fingerprint density at radius 2 is 2.40 bits per heavy atom. The van der Waals surface area contributed by atoms with Crippen molar-refractivity contribution in [3.63, 3.8) is 0 Å². The minimum Gasteiger partial charge on any atom is -0.356 e. The summed E-state index contributed by atoms with van der Waals surface area (Å²) in [5.41, 5.74) is 1.04. The predicted octanol–water partition coefficient (Wildman–Crippen LogP) is 1.50. The van der Waals surface area contributed by atoms with Gasteiger partial charge in [0, 0.05) is 24.8 Å². The Morgan fingerprint density at radius 3 is 3.00 bits per heavy atom. The fourth-order valence-electron chi connectivity index (χ4n) is 1.93. The van der Waals surface area contributed by atoms with E-state index in [0.717, 1.165) is 24.5 Å². The number of hydrogen-bond acceptors (Lipinski definition) is 4. The van der Waals surface area contributed by atoms with Crippen molar-refractivity contribution in [3.8, 4) is 6.07 Å². The molecule has 0 spiro atoms. The van der Waals surface area contributed by atoms with Crippen molar-refractivity contribution in [1.29, 1.82) is 5.26 Å². The number of nitriles is 1. The monoisotopic (exact) mass is 202 g/mol. The summed E-state index contributed by atoms with van der Waals surface area (Å²) in [6.45, 7) is 6.29. The molecule has 1 saturated heterocycles. The molecule has 0 aliphatic carbocycles. The van der Waals surface area contributed by atoms with Crippen LogP contribution in [-0.2, 0) is 0 Å². The Morgan fingerprint density at radius 1 is 1.60 bits per heavy atom. The smallest absolute Gasteiger partial charge is 0.234 e. The molecular weight excluding hydrogens is 188 g/mol. The van der Waals surface area contributed by atoms with Gasteiger partial charge in [0.1, 0.15) is 11.9 Å². The lowest BCUT2D eigenvalue weighted by atomic mass is 10.2. The normalized spacial score (nSPS) is 20.3. The summed E-state index contributed by atoms with van der Waals surface area (Å²) >= 11 is 0. The highest BCUT2D eigenvalue weighted by Crippen LogP contribution is 2.23. The predicted molar refractivity (Wildman–Crippen MR) is 57.5 cm³/mol. The van der Waals surface area contributed by atoms with E-state index in [9.17, 15) is 0 Å². The molecule has 4 nitrogen and oxygen atoms in total. The molecule has 1 aliphatic heterocycles. The fraction of sp³-hybridized carbons (Fsp3) is 0.545. The summed E-state index contributed by atoms with van der Waals surface area (Å²) in [4.78, 5) is 10.4. The van der Waals surface area contributed by atoms with Crippen LogP contribution in [0.15, 0.2) is 6.20 Å². The molecular formula is C11H14N4. The molecule has 1 atom stereocenters. The van der Waals surface area contributed by atoms with Crippen molar-refractivity contribution < 1.29 is 0 Å². The van der Waals surface area contributed by atoms with Crippen LogP contribution < -0.4 is 4.90 Å². The first-order valence-corrected chi connectivity index (χ1v) is 5.19. The van der Waals surface area contributed by atoms with E-state index in [1.165, 1.54) is 6.42 Å². The Labute approximate surface area is 89.6 Å². The van der Waals surface area contributed by atoms with Gasteiger partial charge in [-0.3, -0.25) is 0 Å². The van der Waals surface area contributed by atoms with E-state index < -0.39 is 0 Å². The summed E-state index contributed by atoms with van der Waals surface area (Å²) in [6, 6.07) is 1.98. The highest BCUT2D eigenvalue weighted by Gasteiger charge is 2.21. The van der Waals surface area contributed by atoms with Gasteiger partial charge in [-0.2, -0.15) is 5.26 Å². The lowest BCUT2D eigenvalue weighted by Crippen LogP contribution is -2.22. The van der Waals surface area contributed by atoms with E-state index in [4.69, 9.17) is 5.26 Å². The van der Waals surface area contributed by atoms with Crippen LogP contribution in [0.3, 0.4) is 0 Å².